The Morgan fingerprint density at radius 2 is 2.03 bits per heavy atom. The molecule has 0 saturated carbocycles. The van der Waals surface area contributed by atoms with E-state index in [1.54, 1.807) is 6.92 Å². The maximum absolute atomic E-state index is 14.0. The average Bonchev–Trinajstić information content (AvgIpc) is 3.22. The molecule has 0 spiro atoms. The zero-order valence-corrected chi connectivity index (χ0v) is 18.8. The first kappa shape index (κ1) is 21.6. The van der Waals surface area contributed by atoms with Crippen molar-refractivity contribution in [2.75, 3.05) is 17.6 Å². The number of benzene rings is 1. The van der Waals surface area contributed by atoms with E-state index in [9.17, 15) is 9.18 Å². The van der Waals surface area contributed by atoms with E-state index in [4.69, 9.17) is 15.5 Å². The fourth-order valence-corrected chi connectivity index (χ4v) is 4.05. The molecule has 5 rings (SSSR count). The number of nitrogens with zero attached hydrogens (tertiary/aromatic N) is 4. The standard InChI is InChI=1S/C24H24FN7O2/c1-3-17-19-22-30-21(18(20(26)32(22)31-17)14-7-5-4-6-8-14)27-11-15-9-16(25)12-29-24(15)34-13(2)10-28-23(19)33/h4-9,12-13H,3,10-11,26H2,1-2H3,(H,27,30)(H,28,33)/t13-/m0/s1. The van der Waals surface area contributed by atoms with Crippen molar-refractivity contribution in [3.63, 3.8) is 0 Å². The maximum atomic E-state index is 14.0. The van der Waals surface area contributed by atoms with Gasteiger partial charge in [-0.25, -0.2) is 14.4 Å². The van der Waals surface area contributed by atoms with Gasteiger partial charge in [0.15, 0.2) is 5.65 Å². The topological polar surface area (TPSA) is 119 Å². The molecule has 34 heavy (non-hydrogen) atoms. The van der Waals surface area contributed by atoms with E-state index in [0.29, 0.717) is 46.1 Å². The lowest BCUT2D eigenvalue weighted by molar-refractivity contribution is 0.0931. The Morgan fingerprint density at radius 3 is 2.79 bits per heavy atom. The second-order valence-corrected chi connectivity index (χ2v) is 8.11. The lowest BCUT2D eigenvalue weighted by Crippen LogP contribution is -2.34. The monoisotopic (exact) mass is 461 g/mol. The van der Waals surface area contributed by atoms with Gasteiger partial charge in [-0.15, -0.1) is 0 Å². The highest BCUT2D eigenvalue weighted by molar-refractivity contribution is 6.02. The highest BCUT2D eigenvalue weighted by Gasteiger charge is 2.26. The van der Waals surface area contributed by atoms with Crippen LogP contribution in [0.15, 0.2) is 42.6 Å². The lowest BCUT2D eigenvalue weighted by atomic mass is 10.1. The molecule has 2 bridgehead atoms. The lowest BCUT2D eigenvalue weighted by Gasteiger charge is -2.18. The molecule has 10 heteroatoms. The van der Waals surface area contributed by atoms with Gasteiger partial charge < -0.3 is 21.1 Å². The summed E-state index contributed by atoms with van der Waals surface area (Å²) < 4.78 is 21.5. The van der Waals surface area contributed by atoms with E-state index < -0.39 is 11.9 Å². The molecule has 174 valence electrons. The number of ether oxygens (including phenoxy) is 1. The van der Waals surface area contributed by atoms with Crippen LogP contribution in [0.1, 0.15) is 35.5 Å². The summed E-state index contributed by atoms with van der Waals surface area (Å²) >= 11 is 0. The molecule has 0 saturated heterocycles. The Labute approximate surface area is 195 Å². The summed E-state index contributed by atoms with van der Waals surface area (Å²) in [4.78, 5) is 22.1. The highest BCUT2D eigenvalue weighted by atomic mass is 19.1. The summed E-state index contributed by atoms with van der Waals surface area (Å²) in [5.74, 6) is 0.257. The Hall–Kier alpha value is -4.21. The second kappa shape index (κ2) is 8.62. The number of nitrogen functional groups attached to an aromatic ring is 1. The van der Waals surface area contributed by atoms with Gasteiger partial charge in [0, 0.05) is 12.1 Å². The average molecular weight is 462 g/mol. The third-order valence-electron chi connectivity index (χ3n) is 5.70. The molecular weight excluding hydrogens is 437 g/mol. The third kappa shape index (κ3) is 3.76. The van der Waals surface area contributed by atoms with Gasteiger partial charge in [-0.3, -0.25) is 4.79 Å². The predicted molar refractivity (Wildman–Crippen MR) is 126 cm³/mol. The van der Waals surface area contributed by atoms with Crippen molar-refractivity contribution in [1.82, 2.24) is 24.9 Å². The van der Waals surface area contributed by atoms with Crippen LogP contribution in [0.3, 0.4) is 0 Å². The van der Waals surface area contributed by atoms with Crippen molar-refractivity contribution in [2.24, 2.45) is 0 Å². The van der Waals surface area contributed by atoms with Crippen molar-refractivity contribution in [3.05, 3.63) is 65.2 Å². The zero-order valence-electron chi connectivity index (χ0n) is 18.8. The molecule has 4 N–H and O–H groups in total. The number of carbonyl (C=O) groups is 1. The van der Waals surface area contributed by atoms with Crippen molar-refractivity contribution < 1.29 is 13.9 Å². The molecule has 0 aliphatic carbocycles. The number of nitrogens with one attached hydrogen (secondary N) is 2. The van der Waals surface area contributed by atoms with E-state index in [1.165, 1.54) is 10.6 Å². The zero-order chi connectivity index (χ0) is 23.8. The van der Waals surface area contributed by atoms with Gasteiger partial charge in [-0.2, -0.15) is 9.61 Å². The number of anilines is 2. The quantitative estimate of drug-likeness (QED) is 0.419. The molecule has 3 aromatic heterocycles. The normalized spacial score (nSPS) is 16.0. The number of nitrogens with two attached hydrogens (primary N) is 1. The van der Waals surface area contributed by atoms with E-state index in [0.717, 1.165) is 11.8 Å². The molecule has 0 fully saturated rings. The number of fused-ring (bicyclic) bond motifs is 2. The van der Waals surface area contributed by atoms with Crippen molar-refractivity contribution in [2.45, 2.75) is 32.9 Å². The van der Waals surface area contributed by atoms with Crippen molar-refractivity contribution >= 4 is 23.2 Å². The number of pyridine rings is 1. The van der Waals surface area contributed by atoms with Crippen LogP contribution in [0.5, 0.6) is 5.88 Å². The number of rotatable bonds is 2. The van der Waals surface area contributed by atoms with Crippen LogP contribution in [-0.4, -0.2) is 38.1 Å². The molecule has 1 amide bonds. The van der Waals surface area contributed by atoms with Crippen LogP contribution in [0.2, 0.25) is 0 Å². The highest BCUT2D eigenvalue weighted by Crippen LogP contribution is 2.35. The van der Waals surface area contributed by atoms with Crippen molar-refractivity contribution in [1.29, 1.82) is 0 Å². The summed E-state index contributed by atoms with van der Waals surface area (Å²) in [5.41, 5.74) is 9.87. The Bertz CT molecular complexity index is 1390. The van der Waals surface area contributed by atoms with Crippen molar-refractivity contribution in [3.8, 4) is 17.0 Å². The molecular formula is C24H24FN7O2. The van der Waals surface area contributed by atoms with Gasteiger partial charge >= 0.3 is 0 Å². The summed E-state index contributed by atoms with van der Waals surface area (Å²) in [7, 11) is 0. The number of halogens is 1. The van der Waals surface area contributed by atoms with E-state index in [2.05, 4.69) is 20.7 Å². The van der Waals surface area contributed by atoms with Crippen LogP contribution >= 0.6 is 0 Å². The first-order valence-corrected chi connectivity index (χ1v) is 11.1. The summed E-state index contributed by atoms with van der Waals surface area (Å²) in [6, 6.07) is 10.9. The summed E-state index contributed by atoms with van der Waals surface area (Å²) in [6.45, 7) is 4.12. The van der Waals surface area contributed by atoms with Gasteiger partial charge in [0.05, 0.1) is 24.0 Å². The van der Waals surface area contributed by atoms with Crippen LogP contribution in [0.25, 0.3) is 16.8 Å². The minimum absolute atomic E-state index is 0.181. The van der Waals surface area contributed by atoms with Crippen LogP contribution in [-0.2, 0) is 13.0 Å². The molecule has 0 radical (unpaired) electrons. The minimum atomic E-state index is -0.480. The summed E-state index contributed by atoms with van der Waals surface area (Å²) in [6.07, 6.45) is 1.22. The first-order chi connectivity index (χ1) is 16.5. The number of hydrogen-bond donors (Lipinski definition) is 3. The van der Waals surface area contributed by atoms with Crippen LogP contribution in [0.4, 0.5) is 16.0 Å². The molecule has 4 aromatic rings. The molecule has 1 aliphatic heterocycles. The molecule has 1 atom stereocenters. The fourth-order valence-electron chi connectivity index (χ4n) is 4.05. The number of hydrogen-bond acceptors (Lipinski definition) is 7. The van der Waals surface area contributed by atoms with Gasteiger partial charge in [0.2, 0.25) is 5.88 Å². The van der Waals surface area contributed by atoms with Crippen LogP contribution < -0.4 is 21.1 Å². The van der Waals surface area contributed by atoms with E-state index in [-0.39, 0.29) is 24.9 Å². The van der Waals surface area contributed by atoms with E-state index in [1.807, 2.05) is 37.3 Å². The number of aromatic nitrogens is 4. The fraction of sp³-hybridized carbons (Fsp3) is 0.250. The molecule has 0 unspecified atom stereocenters. The Kier molecular flexibility index (Phi) is 5.48. The van der Waals surface area contributed by atoms with Gasteiger partial charge in [-0.05, 0) is 25.0 Å². The van der Waals surface area contributed by atoms with E-state index >= 15 is 0 Å². The maximum Gasteiger partial charge on any atom is 0.257 e. The Balaban J connectivity index is 1.75. The molecule has 1 aliphatic rings. The first-order valence-electron chi connectivity index (χ1n) is 11.1. The van der Waals surface area contributed by atoms with Gasteiger partial charge in [0.25, 0.3) is 5.91 Å². The minimum Gasteiger partial charge on any atom is -0.473 e. The number of aryl methyl sites for hydroxylation is 1. The number of amides is 1. The second-order valence-electron chi connectivity index (χ2n) is 8.11. The predicted octanol–water partition coefficient (Wildman–Crippen LogP) is 3.20. The largest absolute Gasteiger partial charge is 0.473 e. The third-order valence-corrected chi connectivity index (χ3v) is 5.70. The smallest absolute Gasteiger partial charge is 0.257 e. The molecule has 1 aromatic carbocycles. The SMILES string of the molecule is CCc1nn2c(N)c(-c3ccccc3)c3nc2c1C(=O)NC[C@H](C)Oc1ncc(F)cc1CN3. The number of carbonyl (C=O) groups excluding carboxylic acids is 1. The Morgan fingerprint density at radius 1 is 1.24 bits per heavy atom. The molecule has 4 heterocycles. The van der Waals surface area contributed by atoms with Crippen LogP contribution in [0, 0.1) is 5.82 Å². The van der Waals surface area contributed by atoms with Gasteiger partial charge in [0.1, 0.15) is 29.1 Å². The van der Waals surface area contributed by atoms with Gasteiger partial charge in [-0.1, -0.05) is 37.3 Å². The molecule has 9 nitrogen and oxygen atoms in total. The summed E-state index contributed by atoms with van der Waals surface area (Å²) in [5, 5.41) is 10.8.